The van der Waals surface area contributed by atoms with E-state index in [-0.39, 0.29) is 22.3 Å². The number of aromatic nitrogens is 3. The van der Waals surface area contributed by atoms with Crippen LogP contribution < -0.4 is 11.2 Å². The van der Waals surface area contributed by atoms with Crippen LogP contribution in [-0.4, -0.2) is 14.5 Å². The number of H-pyrrole nitrogens is 1. The molecule has 3 aromatic rings. The number of aryl methyl sites for hydroxylation is 1. The van der Waals surface area contributed by atoms with E-state index in [9.17, 15) is 22.8 Å². The average Bonchev–Trinajstić information content (AvgIpc) is 2.44. The molecule has 112 valence electrons. The zero-order valence-electron chi connectivity index (χ0n) is 11.2. The largest absolute Gasteiger partial charge is 0.334 e. The molecule has 0 amide bonds. The van der Waals surface area contributed by atoms with Crippen LogP contribution >= 0.6 is 0 Å². The molecule has 2 heterocycles. The molecule has 0 bridgehead atoms. The van der Waals surface area contributed by atoms with E-state index in [4.69, 9.17) is 0 Å². The summed E-state index contributed by atoms with van der Waals surface area (Å²) in [6, 6.07) is 2.58. The number of rotatable bonds is 1. The molecule has 1 N–H and O–H groups in total. The van der Waals surface area contributed by atoms with Crippen LogP contribution in [0.3, 0.4) is 0 Å². The van der Waals surface area contributed by atoms with Crippen LogP contribution in [0.15, 0.2) is 34.0 Å². The molecule has 0 unspecified atom stereocenters. The molecule has 2 aromatic heterocycles. The Balaban J connectivity index is 2.52. The number of nitrogens with zero attached hydrogens (tertiary/aromatic N) is 2. The van der Waals surface area contributed by atoms with Crippen LogP contribution in [0.25, 0.3) is 16.7 Å². The molecule has 5 nitrogen and oxygen atoms in total. The van der Waals surface area contributed by atoms with Gasteiger partial charge >= 0.3 is 5.69 Å². The normalized spacial score (nSPS) is 11.1. The first-order valence-electron chi connectivity index (χ1n) is 6.15. The van der Waals surface area contributed by atoms with Gasteiger partial charge in [0.05, 0.1) is 17.3 Å². The van der Waals surface area contributed by atoms with E-state index in [1.807, 2.05) is 4.98 Å². The van der Waals surface area contributed by atoms with E-state index >= 15 is 0 Å². The summed E-state index contributed by atoms with van der Waals surface area (Å²) in [5.41, 5.74) is -2.32. The van der Waals surface area contributed by atoms with E-state index in [0.29, 0.717) is 6.07 Å². The monoisotopic (exact) mass is 307 g/mol. The van der Waals surface area contributed by atoms with Gasteiger partial charge in [-0.3, -0.25) is 9.78 Å². The SMILES string of the molecule is Cc1c(F)cnc2c1c(=O)[nH]c(=O)n2-c1ccc(F)cc1F. The number of hydrogen-bond acceptors (Lipinski definition) is 3. The maximum atomic E-state index is 13.9. The maximum absolute atomic E-state index is 13.9. The van der Waals surface area contributed by atoms with Crippen molar-refractivity contribution in [3.63, 3.8) is 0 Å². The molecule has 0 aliphatic heterocycles. The first-order valence-corrected chi connectivity index (χ1v) is 6.15. The number of halogens is 3. The molecule has 0 saturated heterocycles. The van der Waals surface area contributed by atoms with Crippen LogP contribution in [0, 0.1) is 24.4 Å². The lowest BCUT2D eigenvalue weighted by molar-refractivity contribution is 0.576. The van der Waals surface area contributed by atoms with E-state index in [1.54, 1.807) is 0 Å². The lowest BCUT2D eigenvalue weighted by Crippen LogP contribution is -2.31. The molecule has 0 atom stereocenters. The fraction of sp³-hybridized carbons (Fsp3) is 0.0714. The van der Waals surface area contributed by atoms with Crippen molar-refractivity contribution >= 4 is 11.0 Å². The van der Waals surface area contributed by atoms with Crippen LogP contribution in [-0.2, 0) is 0 Å². The van der Waals surface area contributed by atoms with Gasteiger partial charge in [0, 0.05) is 11.6 Å². The summed E-state index contributed by atoms with van der Waals surface area (Å²) in [6.45, 7) is 1.34. The van der Waals surface area contributed by atoms with E-state index in [2.05, 4.69) is 4.98 Å². The highest BCUT2D eigenvalue weighted by Gasteiger charge is 2.17. The number of aromatic amines is 1. The average molecular weight is 307 g/mol. The molecule has 0 radical (unpaired) electrons. The van der Waals surface area contributed by atoms with Crippen molar-refractivity contribution in [2.45, 2.75) is 6.92 Å². The van der Waals surface area contributed by atoms with Gasteiger partial charge in [-0.1, -0.05) is 0 Å². The van der Waals surface area contributed by atoms with Crippen LogP contribution in [0.2, 0.25) is 0 Å². The first-order chi connectivity index (χ1) is 10.4. The van der Waals surface area contributed by atoms with Crippen molar-refractivity contribution in [2.24, 2.45) is 0 Å². The van der Waals surface area contributed by atoms with Gasteiger partial charge in [-0.05, 0) is 19.1 Å². The molecule has 22 heavy (non-hydrogen) atoms. The first kappa shape index (κ1) is 14.1. The van der Waals surface area contributed by atoms with Crippen molar-refractivity contribution < 1.29 is 13.2 Å². The minimum atomic E-state index is -1.01. The third-order valence-corrected chi connectivity index (χ3v) is 3.27. The lowest BCUT2D eigenvalue weighted by Gasteiger charge is -2.11. The Labute approximate surface area is 120 Å². The predicted octanol–water partition coefficient (Wildman–Crippen LogP) is 1.80. The molecular formula is C14H8F3N3O2. The van der Waals surface area contributed by atoms with E-state index < -0.39 is 28.7 Å². The Kier molecular flexibility index (Phi) is 3.09. The summed E-state index contributed by atoms with van der Waals surface area (Å²) < 4.78 is 41.3. The van der Waals surface area contributed by atoms with Crippen molar-refractivity contribution in [1.82, 2.24) is 14.5 Å². The Morgan fingerprint density at radius 1 is 1.14 bits per heavy atom. The number of hydrogen-bond donors (Lipinski definition) is 1. The van der Waals surface area contributed by atoms with Gasteiger partial charge in [0.2, 0.25) is 0 Å². The Bertz CT molecular complexity index is 1020. The van der Waals surface area contributed by atoms with Gasteiger partial charge in [-0.25, -0.2) is 27.5 Å². The highest BCUT2D eigenvalue weighted by atomic mass is 19.1. The second kappa shape index (κ2) is 4.83. The molecule has 0 spiro atoms. The van der Waals surface area contributed by atoms with Gasteiger partial charge in [-0.15, -0.1) is 0 Å². The highest BCUT2D eigenvalue weighted by Crippen LogP contribution is 2.19. The summed E-state index contributed by atoms with van der Waals surface area (Å²) in [7, 11) is 0. The number of benzene rings is 1. The van der Waals surface area contributed by atoms with E-state index in [0.717, 1.165) is 22.9 Å². The maximum Gasteiger partial charge on any atom is 0.334 e. The standard InChI is InChI=1S/C14H8F3N3O2/c1-6-9(17)5-18-12-11(6)13(21)19-14(22)20(12)10-3-2-7(15)4-8(10)16/h2-5H,1H3,(H,19,21,22). The quantitative estimate of drug-likeness (QED) is 0.745. The van der Waals surface area contributed by atoms with Crippen LogP contribution in [0.1, 0.15) is 5.56 Å². The lowest BCUT2D eigenvalue weighted by atomic mass is 10.2. The topological polar surface area (TPSA) is 67.8 Å². The summed E-state index contributed by atoms with van der Waals surface area (Å²) in [6.07, 6.45) is 0.828. The molecule has 0 aliphatic rings. The summed E-state index contributed by atoms with van der Waals surface area (Å²) in [5.74, 6) is -2.57. The van der Waals surface area contributed by atoms with Gasteiger partial charge in [0.1, 0.15) is 17.5 Å². The van der Waals surface area contributed by atoms with E-state index in [1.165, 1.54) is 6.92 Å². The molecule has 0 fully saturated rings. The zero-order valence-corrected chi connectivity index (χ0v) is 11.2. The summed E-state index contributed by atoms with van der Waals surface area (Å²) >= 11 is 0. The Hall–Kier alpha value is -2.90. The second-order valence-electron chi connectivity index (χ2n) is 4.62. The van der Waals surface area contributed by atoms with Crippen LogP contribution in [0.5, 0.6) is 0 Å². The third kappa shape index (κ3) is 2.00. The van der Waals surface area contributed by atoms with Gasteiger partial charge in [0.15, 0.2) is 5.65 Å². The Morgan fingerprint density at radius 3 is 2.55 bits per heavy atom. The van der Waals surface area contributed by atoms with Crippen molar-refractivity contribution in [2.75, 3.05) is 0 Å². The fourth-order valence-electron chi connectivity index (χ4n) is 2.21. The third-order valence-electron chi connectivity index (χ3n) is 3.27. The molecular weight excluding hydrogens is 299 g/mol. The van der Waals surface area contributed by atoms with Crippen molar-refractivity contribution in [3.8, 4) is 5.69 Å². The molecule has 8 heteroatoms. The minimum Gasteiger partial charge on any atom is -0.273 e. The zero-order chi connectivity index (χ0) is 16.0. The molecule has 0 aliphatic carbocycles. The summed E-state index contributed by atoms with van der Waals surface area (Å²) in [4.78, 5) is 29.6. The Morgan fingerprint density at radius 2 is 1.86 bits per heavy atom. The number of nitrogens with one attached hydrogen (secondary N) is 1. The highest BCUT2D eigenvalue weighted by molar-refractivity contribution is 5.79. The smallest absolute Gasteiger partial charge is 0.273 e. The van der Waals surface area contributed by atoms with Crippen molar-refractivity contribution in [3.05, 3.63) is 68.2 Å². The van der Waals surface area contributed by atoms with Gasteiger partial charge in [-0.2, -0.15) is 0 Å². The number of fused-ring (bicyclic) bond motifs is 1. The second-order valence-corrected chi connectivity index (χ2v) is 4.62. The fourth-order valence-corrected chi connectivity index (χ4v) is 2.21. The molecule has 0 saturated carbocycles. The number of pyridine rings is 1. The van der Waals surface area contributed by atoms with Gasteiger partial charge in [0.25, 0.3) is 5.56 Å². The minimum absolute atomic E-state index is 0.0254. The van der Waals surface area contributed by atoms with Gasteiger partial charge < -0.3 is 0 Å². The summed E-state index contributed by atoms with van der Waals surface area (Å²) in [5, 5.41) is -0.177. The predicted molar refractivity (Wildman–Crippen MR) is 72.6 cm³/mol. The molecule has 1 aromatic carbocycles. The van der Waals surface area contributed by atoms with Crippen molar-refractivity contribution in [1.29, 1.82) is 0 Å². The van der Waals surface area contributed by atoms with Crippen LogP contribution in [0.4, 0.5) is 13.2 Å². The molecule has 3 rings (SSSR count).